The molecule has 2 heterocycles. The number of rotatable bonds is 6. The number of carbonyl (C=O) groups is 2. The first-order valence-corrected chi connectivity index (χ1v) is 12.0. The Bertz CT molecular complexity index is 1370. The van der Waals surface area contributed by atoms with Crippen LogP contribution in [0.5, 0.6) is 0 Å². The van der Waals surface area contributed by atoms with Crippen LogP contribution < -0.4 is 5.32 Å². The third-order valence-corrected chi connectivity index (χ3v) is 7.70. The molecular weight excluding hydrogens is 496 g/mol. The van der Waals surface area contributed by atoms with Crippen molar-refractivity contribution < 1.29 is 23.1 Å². The highest BCUT2D eigenvalue weighted by molar-refractivity contribution is 9.10. The molecule has 7 nitrogen and oxygen atoms in total. The second-order valence-electron chi connectivity index (χ2n) is 7.38. The summed E-state index contributed by atoms with van der Waals surface area (Å²) in [6.45, 7) is 1.63. The van der Waals surface area contributed by atoms with Gasteiger partial charge in [-0.1, -0.05) is 34.1 Å². The number of amides is 1. The number of fused-ring (bicyclic) bond motifs is 1. The summed E-state index contributed by atoms with van der Waals surface area (Å²) in [7, 11) is -3.90. The minimum Gasteiger partial charge on any atom is -0.481 e. The molecule has 164 valence electrons. The van der Waals surface area contributed by atoms with Crippen molar-refractivity contribution in [2.75, 3.05) is 5.32 Å². The van der Waals surface area contributed by atoms with Crippen LogP contribution in [0.4, 0.5) is 5.69 Å². The van der Waals surface area contributed by atoms with Gasteiger partial charge in [0.1, 0.15) is 0 Å². The van der Waals surface area contributed by atoms with Crippen LogP contribution in [0, 0.1) is 6.92 Å². The number of halogens is 1. The lowest BCUT2D eigenvalue weighted by atomic mass is 10.0. The highest BCUT2D eigenvalue weighted by Gasteiger charge is 2.30. The number of benzene rings is 2. The van der Waals surface area contributed by atoms with Gasteiger partial charge in [-0.15, -0.1) is 0 Å². The number of anilines is 1. The molecule has 0 saturated heterocycles. The standard InChI is InChI=1S/C23H19BrN2O5S/c1-13-22(32(30,31)15-5-3-2-4-6-15)16(8-10-21(27)28)20(25-13)12-18-17-11-14(24)7-9-19(17)26-23(18)29/h2-7,9,11-12,25H,8,10H2,1H3,(H,26,29)(H,27,28)/b18-12-. The molecule has 0 fully saturated rings. The maximum atomic E-state index is 13.4. The number of carboxylic acids is 1. The van der Waals surface area contributed by atoms with Crippen LogP contribution in [0.2, 0.25) is 0 Å². The molecule has 0 spiro atoms. The Morgan fingerprint density at radius 1 is 1.16 bits per heavy atom. The van der Waals surface area contributed by atoms with Crippen LogP contribution in [-0.2, 0) is 25.8 Å². The number of hydrogen-bond acceptors (Lipinski definition) is 4. The van der Waals surface area contributed by atoms with Gasteiger partial charge in [-0.2, -0.15) is 0 Å². The molecular formula is C23H19BrN2O5S. The van der Waals surface area contributed by atoms with E-state index in [4.69, 9.17) is 0 Å². The molecule has 2 aromatic carbocycles. The maximum Gasteiger partial charge on any atom is 0.303 e. The van der Waals surface area contributed by atoms with Gasteiger partial charge < -0.3 is 15.4 Å². The lowest BCUT2D eigenvalue weighted by Gasteiger charge is -2.08. The molecule has 1 aromatic heterocycles. The quantitative estimate of drug-likeness (QED) is 0.420. The van der Waals surface area contributed by atoms with E-state index in [2.05, 4.69) is 26.2 Å². The van der Waals surface area contributed by atoms with Crippen LogP contribution in [0.3, 0.4) is 0 Å². The van der Waals surface area contributed by atoms with E-state index in [1.807, 2.05) is 6.07 Å². The number of aliphatic carboxylic acids is 1. The van der Waals surface area contributed by atoms with Crippen molar-refractivity contribution >= 4 is 55.0 Å². The number of carbonyl (C=O) groups excluding carboxylic acids is 1. The summed E-state index contributed by atoms with van der Waals surface area (Å²) in [5, 5.41) is 12.0. The van der Waals surface area contributed by atoms with E-state index in [1.165, 1.54) is 12.1 Å². The van der Waals surface area contributed by atoms with Gasteiger partial charge in [0.15, 0.2) is 0 Å². The molecule has 1 aliphatic rings. The van der Waals surface area contributed by atoms with E-state index < -0.39 is 15.8 Å². The van der Waals surface area contributed by atoms with Gasteiger partial charge in [0.2, 0.25) is 9.84 Å². The predicted octanol–water partition coefficient (Wildman–Crippen LogP) is 4.43. The molecule has 1 amide bonds. The van der Waals surface area contributed by atoms with Gasteiger partial charge in [0.05, 0.1) is 15.4 Å². The van der Waals surface area contributed by atoms with E-state index in [0.717, 1.165) is 4.47 Å². The first-order chi connectivity index (χ1) is 15.2. The SMILES string of the molecule is Cc1[nH]c(/C=C2\C(=O)Nc3ccc(Br)cc32)c(CCC(=O)O)c1S(=O)(=O)c1ccccc1. The van der Waals surface area contributed by atoms with Crippen molar-refractivity contribution in [1.29, 1.82) is 0 Å². The molecule has 32 heavy (non-hydrogen) atoms. The van der Waals surface area contributed by atoms with E-state index in [9.17, 15) is 23.1 Å². The summed E-state index contributed by atoms with van der Waals surface area (Å²) in [5.41, 5.74) is 2.82. The lowest BCUT2D eigenvalue weighted by Crippen LogP contribution is -2.08. The molecule has 1 aliphatic heterocycles. The zero-order valence-corrected chi connectivity index (χ0v) is 19.4. The Kier molecular flexibility index (Phi) is 5.79. The number of hydrogen-bond donors (Lipinski definition) is 3. The van der Waals surface area contributed by atoms with E-state index in [-0.39, 0.29) is 28.5 Å². The summed E-state index contributed by atoms with van der Waals surface area (Å²) in [6.07, 6.45) is 1.33. The molecule has 0 aliphatic carbocycles. The smallest absolute Gasteiger partial charge is 0.303 e. The number of aromatic amines is 1. The minimum atomic E-state index is -3.90. The Balaban J connectivity index is 1.90. The third kappa shape index (κ3) is 4.01. The van der Waals surface area contributed by atoms with Crippen LogP contribution in [-0.4, -0.2) is 30.4 Å². The zero-order valence-electron chi connectivity index (χ0n) is 17.0. The summed E-state index contributed by atoms with van der Waals surface area (Å²) < 4.78 is 27.6. The number of H-pyrrole nitrogens is 1. The van der Waals surface area contributed by atoms with Crippen molar-refractivity contribution in [1.82, 2.24) is 4.98 Å². The first kappa shape index (κ1) is 22.0. The van der Waals surface area contributed by atoms with Gasteiger partial charge in [0.25, 0.3) is 5.91 Å². The van der Waals surface area contributed by atoms with Gasteiger partial charge >= 0.3 is 5.97 Å². The molecule has 4 rings (SSSR count). The molecule has 3 aromatic rings. The maximum absolute atomic E-state index is 13.4. The Morgan fingerprint density at radius 2 is 1.88 bits per heavy atom. The fourth-order valence-corrected chi connectivity index (χ4v) is 5.92. The van der Waals surface area contributed by atoms with Gasteiger partial charge in [0, 0.05) is 33.5 Å². The minimum absolute atomic E-state index is 0.00680. The fraction of sp³-hybridized carbons (Fsp3) is 0.130. The van der Waals surface area contributed by atoms with Gasteiger partial charge in [-0.3, -0.25) is 9.59 Å². The summed E-state index contributed by atoms with van der Waals surface area (Å²) >= 11 is 3.40. The normalized spacial score (nSPS) is 14.4. The summed E-state index contributed by atoms with van der Waals surface area (Å²) in [6, 6.07) is 13.4. The number of sulfone groups is 1. The van der Waals surface area contributed by atoms with Crippen LogP contribution in [0.1, 0.15) is 28.9 Å². The van der Waals surface area contributed by atoms with Crippen molar-refractivity contribution in [3.63, 3.8) is 0 Å². The molecule has 9 heteroatoms. The Morgan fingerprint density at radius 3 is 2.56 bits per heavy atom. The second kappa shape index (κ2) is 8.40. The van der Waals surface area contributed by atoms with Crippen molar-refractivity contribution in [3.05, 3.63) is 75.5 Å². The Hall–Kier alpha value is -3.17. The summed E-state index contributed by atoms with van der Waals surface area (Å²) in [5.74, 6) is -1.36. The molecule has 0 radical (unpaired) electrons. The fourth-order valence-electron chi connectivity index (χ4n) is 3.82. The number of aryl methyl sites for hydroxylation is 1. The van der Waals surface area contributed by atoms with Gasteiger partial charge in [-0.05, 0) is 55.3 Å². The molecule has 0 saturated carbocycles. The monoisotopic (exact) mass is 514 g/mol. The predicted molar refractivity (Wildman–Crippen MR) is 124 cm³/mol. The number of carboxylic acid groups (broad SMARTS) is 1. The van der Waals surface area contributed by atoms with Crippen LogP contribution >= 0.6 is 15.9 Å². The average molecular weight is 515 g/mol. The topological polar surface area (TPSA) is 116 Å². The van der Waals surface area contributed by atoms with Crippen molar-refractivity contribution in [3.8, 4) is 0 Å². The van der Waals surface area contributed by atoms with Crippen molar-refractivity contribution in [2.45, 2.75) is 29.6 Å². The molecule has 0 unspecified atom stereocenters. The highest BCUT2D eigenvalue weighted by Crippen LogP contribution is 2.37. The van der Waals surface area contributed by atoms with Crippen LogP contribution in [0.15, 0.2) is 62.8 Å². The highest BCUT2D eigenvalue weighted by atomic mass is 79.9. The zero-order chi connectivity index (χ0) is 23.0. The molecule has 0 atom stereocenters. The van der Waals surface area contributed by atoms with Crippen molar-refractivity contribution in [2.24, 2.45) is 0 Å². The number of nitrogens with one attached hydrogen (secondary N) is 2. The number of aromatic nitrogens is 1. The molecule has 0 bridgehead atoms. The largest absolute Gasteiger partial charge is 0.481 e. The Labute approximate surface area is 193 Å². The summed E-state index contributed by atoms with van der Waals surface area (Å²) in [4.78, 5) is 27.1. The van der Waals surface area contributed by atoms with Gasteiger partial charge in [-0.25, -0.2) is 8.42 Å². The van der Waals surface area contributed by atoms with E-state index in [0.29, 0.717) is 33.8 Å². The van der Waals surface area contributed by atoms with E-state index >= 15 is 0 Å². The molecule has 3 N–H and O–H groups in total. The average Bonchev–Trinajstić information content (AvgIpc) is 3.23. The second-order valence-corrected chi connectivity index (χ2v) is 10.2. The first-order valence-electron chi connectivity index (χ1n) is 9.75. The lowest BCUT2D eigenvalue weighted by molar-refractivity contribution is -0.137. The third-order valence-electron chi connectivity index (χ3n) is 5.23. The van der Waals surface area contributed by atoms with E-state index in [1.54, 1.807) is 43.3 Å². The van der Waals surface area contributed by atoms with Crippen LogP contribution in [0.25, 0.3) is 11.6 Å².